The first-order chi connectivity index (χ1) is 18.8. The van der Waals surface area contributed by atoms with E-state index in [4.69, 9.17) is 11.6 Å². The smallest absolute Gasteiger partial charge is 0.247 e. The minimum atomic E-state index is -2.43. The maximum absolute atomic E-state index is 9.93. The van der Waals surface area contributed by atoms with E-state index in [1.165, 1.54) is 10.7 Å². The molecule has 5 N–H and O–H groups in total. The fraction of sp³-hybridized carbons (Fsp3) is 0.480. The summed E-state index contributed by atoms with van der Waals surface area (Å²) in [6.07, 6.45) is 6.08. The number of nitrogens with one attached hydrogen (secondary N) is 3. The monoisotopic (exact) mass is 568 g/mol. The Bertz CT molecular complexity index is 1490. The molecule has 1 aromatic carbocycles. The van der Waals surface area contributed by atoms with Crippen molar-refractivity contribution in [2.75, 3.05) is 40.1 Å². The number of hydrogen-bond acceptors (Lipinski definition) is 11. The maximum Gasteiger partial charge on any atom is 0.247 e. The topological polar surface area (TPSA) is 170 Å². The maximum atomic E-state index is 9.93. The minimum Gasteiger partial charge on any atom is -0.370 e. The highest BCUT2D eigenvalue weighted by atomic mass is 35.5. The van der Waals surface area contributed by atoms with Crippen LogP contribution >= 0.6 is 22.2 Å². The van der Waals surface area contributed by atoms with Crippen molar-refractivity contribution in [3.63, 3.8) is 0 Å². The molecule has 3 aromatic rings. The van der Waals surface area contributed by atoms with Gasteiger partial charge in [-0.25, -0.2) is 4.98 Å². The van der Waals surface area contributed by atoms with Crippen molar-refractivity contribution < 1.29 is 9.11 Å². The summed E-state index contributed by atoms with van der Waals surface area (Å²) < 4.78 is 21.3. The van der Waals surface area contributed by atoms with E-state index in [1.807, 2.05) is 0 Å². The molecular weight excluding hydrogens is 540 g/mol. The third-order valence-corrected chi connectivity index (χ3v) is 9.62. The van der Waals surface area contributed by atoms with Crippen molar-refractivity contribution in [3.05, 3.63) is 34.6 Å². The molecule has 39 heavy (non-hydrogen) atoms. The molecule has 0 spiro atoms. The van der Waals surface area contributed by atoms with E-state index in [-0.39, 0.29) is 23.7 Å². The lowest BCUT2D eigenvalue weighted by atomic mass is 10.0. The lowest BCUT2D eigenvalue weighted by Crippen LogP contribution is -2.46. The molecule has 4 heterocycles. The summed E-state index contributed by atoms with van der Waals surface area (Å²) in [4.78, 5) is 11.1. The summed E-state index contributed by atoms with van der Waals surface area (Å²) in [6, 6.07) is 8.52. The molecule has 1 saturated carbocycles. The first kappa shape index (κ1) is 25.9. The Balaban J connectivity index is 1.22. The first-order valence-corrected chi connectivity index (χ1v) is 15.3. The number of fused-ring (bicyclic) bond motifs is 1. The van der Waals surface area contributed by atoms with E-state index in [0.717, 1.165) is 50.9 Å². The van der Waals surface area contributed by atoms with Crippen molar-refractivity contribution in [2.24, 2.45) is 0 Å². The number of nitriles is 2. The van der Waals surface area contributed by atoms with E-state index in [0.29, 0.717) is 45.3 Å². The predicted octanol–water partition coefficient (Wildman–Crippen LogP) is 3.92. The highest BCUT2D eigenvalue weighted by Crippen LogP contribution is 2.46. The van der Waals surface area contributed by atoms with Gasteiger partial charge in [0.05, 0.1) is 40.0 Å². The van der Waals surface area contributed by atoms with Crippen molar-refractivity contribution in [2.45, 2.75) is 50.2 Å². The molecule has 2 aromatic heterocycles. The Kier molecular flexibility index (Phi) is 6.87. The highest BCUT2D eigenvalue weighted by molar-refractivity contribution is 8.24. The van der Waals surface area contributed by atoms with E-state index < -0.39 is 10.6 Å². The highest BCUT2D eigenvalue weighted by Gasteiger charge is 2.31. The summed E-state index contributed by atoms with van der Waals surface area (Å²) in [5.41, 5.74) is 2.46. The molecule has 6 rings (SSSR count). The average Bonchev–Trinajstić information content (AvgIpc) is 3.53. The van der Waals surface area contributed by atoms with Crippen LogP contribution in [0.2, 0.25) is 5.02 Å². The Morgan fingerprint density at radius 3 is 2.49 bits per heavy atom. The molecule has 12 nitrogen and oxygen atoms in total. The lowest BCUT2D eigenvalue weighted by molar-refractivity contribution is 0.378. The fourth-order valence-electron chi connectivity index (χ4n) is 5.22. The van der Waals surface area contributed by atoms with E-state index in [2.05, 4.69) is 48.1 Å². The van der Waals surface area contributed by atoms with Gasteiger partial charge in [0.15, 0.2) is 17.2 Å². The molecule has 3 fully saturated rings. The molecule has 0 radical (unpaired) electrons. The SMILES string of the molecule is N#Cc1cc(Nc2nc(NC3CC3)c3ncc(C#N)n3n2)c(Cl)c(N2CCC(NC3CCS(O)(O)C3)CC2)c1. The molecule has 2 saturated heterocycles. The first-order valence-electron chi connectivity index (χ1n) is 13.0. The zero-order chi connectivity index (χ0) is 27.1. The van der Waals surface area contributed by atoms with Gasteiger partial charge in [0, 0.05) is 37.0 Å². The molecule has 0 amide bonds. The third kappa shape index (κ3) is 5.55. The van der Waals surface area contributed by atoms with Gasteiger partial charge in [-0.05, 0) is 44.2 Å². The normalized spacial score (nSPS) is 21.9. The van der Waals surface area contributed by atoms with Crippen LogP contribution in [0.1, 0.15) is 43.4 Å². The predicted molar refractivity (Wildman–Crippen MR) is 151 cm³/mol. The van der Waals surface area contributed by atoms with Gasteiger partial charge in [0.2, 0.25) is 5.95 Å². The minimum absolute atomic E-state index is 0.140. The van der Waals surface area contributed by atoms with Crippen LogP contribution in [0, 0.1) is 22.7 Å². The van der Waals surface area contributed by atoms with Gasteiger partial charge >= 0.3 is 0 Å². The van der Waals surface area contributed by atoms with E-state index in [1.54, 1.807) is 12.1 Å². The second kappa shape index (κ2) is 10.3. The van der Waals surface area contributed by atoms with Gasteiger partial charge < -0.3 is 20.9 Å². The van der Waals surface area contributed by atoms with Gasteiger partial charge in [-0.2, -0.15) is 30.6 Å². The molecule has 0 bridgehead atoms. The molecule has 2 aliphatic heterocycles. The number of aromatic nitrogens is 4. The van der Waals surface area contributed by atoms with E-state index in [9.17, 15) is 19.6 Å². The molecular formula is C25H29ClN10O2S. The second-order valence-electron chi connectivity index (χ2n) is 10.4. The lowest BCUT2D eigenvalue weighted by Gasteiger charge is -2.36. The van der Waals surface area contributed by atoms with Crippen LogP contribution in [0.15, 0.2) is 18.3 Å². The zero-order valence-electron chi connectivity index (χ0n) is 21.1. The van der Waals surface area contributed by atoms with Crippen LogP contribution in [0.5, 0.6) is 0 Å². The van der Waals surface area contributed by atoms with Gasteiger partial charge in [-0.1, -0.05) is 11.6 Å². The van der Waals surface area contributed by atoms with Crippen LogP contribution in [-0.2, 0) is 0 Å². The molecule has 204 valence electrons. The molecule has 3 aliphatic rings. The molecule has 1 unspecified atom stereocenters. The number of hydrogen-bond donors (Lipinski definition) is 5. The van der Waals surface area contributed by atoms with Crippen molar-refractivity contribution in [1.82, 2.24) is 24.9 Å². The summed E-state index contributed by atoms with van der Waals surface area (Å²) in [6.45, 7) is 1.49. The third-order valence-electron chi connectivity index (χ3n) is 7.39. The van der Waals surface area contributed by atoms with Crippen LogP contribution in [0.25, 0.3) is 5.65 Å². The number of benzene rings is 1. The second-order valence-corrected chi connectivity index (χ2v) is 13.1. The summed E-state index contributed by atoms with van der Waals surface area (Å²) >= 11 is 6.89. The summed E-state index contributed by atoms with van der Waals surface area (Å²) in [5, 5.41) is 34.3. The van der Waals surface area contributed by atoms with Gasteiger partial charge in [-0.15, -0.1) is 5.10 Å². The van der Waals surface area contributed by atoms with Crippen molar-refractivity contribution in [3.8, 4) is 12.1 Å². The number of anilines is 4. The number of rotatable bonds is 7. The van der Waals surface area contributed by atoms with Crippen molar-refractivity contribution >= 4 is 51.0 Å². The van der Waals surface area contributed by atoms with Crippen LogP contribution in [0.3, 0.4) is 0 Å². The Morgan fingerprint density at radius 1 is 1.03 bits per heavy atom. The van der Waals surface area contributed by atoms with E-state index >= 15 is 0 Å². The van der Waals surface area contributed by atoms with Gasteiger partial charge in [0.1, 0.15) is 6.07 Å². The molecule has 14 heteroatoms. The van der Waals surface area contributed by atoms with Crippen molar-refractivity contribution in [1.29, 1.82) is 10.5 Å². The van der Waals surface area contributed by atoms with Crippen LogP contribution < -0.4 is 20.9 Å². The Hall–Kier alpha value is -3.33. The fourth-order valence-corrected chi connectivity index (χ4v) is 7.23. The quantitative estimate of drug-likeness (QED) is 0.280. The van der Waals surface area contributed by atoms with Crippen LogP contribution in [-0.4, -0.2) is 71.4 Å². The standard InChI is InChI=1S/C25H29ClN10O2S/c26-22-20(32-25-33-23(31-16-1-2-16)24-29-13-19(12-28)36(24)34-25)9-15(11-27)10-21(22)35-6-3-17(4-7-35)30-18-5-8-39(37,38)14-18/h9-10,13,16-18,30,37-38H,1-8,14H2,(H2,31,32,33,34). The zero-order valence-corrected chi connectivity index (χ0v) is 22.7. The van der Waals surface area contributed by atoms with Gasteiger partial charge in [0.25, 0.3) is 0 Å². The summed E-state index contributed by atoms with van der Waals surface area (Å²) in [5.74, 6) is 1.67. The Labute approximate surface area is 232 Å². The van der Waals surface area contributed by atoms with Crippen LogP contribution in [0.4, 0.5) is 23.1 Å². The summed E-state index contributed by atoms with van der Waals surface area (Å²) in [7, 11) is -2.43. The molecule has 1 aliphatic carbocycles. The molecule has 1 atom stereocenters. The Morgan fingerprint density at radius 2 is 1.82 bits per heavy atom. The number of imidazole rings is 1. The number of nitrogens with zero attached hydrogens (tertiary/aromatic N) is 7. The largest absolute Gasteiger partial charge is 0.370 e. The number of piperidine rings is 1. The average molecular weight is 569 g/mol. The van der Waals surface area contributed by atoms with Gasteiger partial charge in [-0.3, -0.25) is 9.11 Å². The number of halogens is 1.